The molecule has 1 saturated carbocycles. The van der Waals surface area contributed by atoms with Crippen LogP contribution in [0.2, 0.25) is 0 Å². The molecule has 2 aromatic rings. The third kappa shape index (κ3) is 4.17. The van der Waals surface area contributed by atoms with Gasteiger partial charge in [-0.1, -0.05) is 12.1 Å². The molecule has 204 valence electrons. The summed E-state index contributed by atoms with van der Waals surface area (Å²) in [5, 5.41) is 9.15. The number of halogens is 2. The van der Waals surface area contributed by atoms with Crippen molar-refractivity contribution in [2.75, 3.05) is 48.4 Å². The Morgan fingerprint density at radius 2 is 1.84 bits per heavy atom. The van der Waals surface area contributed by atoms with Crippen LogP contribution in [0.3, 0.4) is 0 Å². The minimum atomic E-state index is -3.95. The number of hydrogen-bond acceptors (Lipinski definition) is 5. The van der Waals surface area contributed by atoms with Gasteiger partial charge in [0.05, 0.1) is 11.4 Å². The lowest BCUT2D eigenvalue weighted by Crippen LogP contribution is -2.61. The molecule has 4 aliphatic rings. The van der Waals surface area contributed by atoms with E-state index in [9.17, 15) is 22.0 Å². The fourth-order valence-electron chi connectivity index (χ4n) is 5.96. The molecule has 1 N–H and O–H groups in total. The van der Waals surface area contributed by atoms with Gasteiger partial charge in [0.15, 0.2) is 5.82 Å². The monoisotopic (exact) mass is 547 g/mol. The molecule has 4 heterocycles. The number of carbonyl (C=O) groups is 1. The Balaban J connectivity index is 1.18. The van der Waals surface area contributed by atoms with Gasteiger partial charge in [-0.05, 0) is 62.2 Å². The third-order valence-electron chi connectivity index (χ3n) is 8.61. The quantitative estimate of drug-likeness (QED) is 0.612. The summed E-state index contributed by atoms with van der Waals surface area (Å²) in [7, 11) is -2.55. The summed E-state index contributed by atoms with van der Waals surface area (Å²) in [5.74, 6) is -3.54. The van der Waals surface area contributed by atoms with Crippen molar-refractivity contribution in [2.24, 2.45) is 11.3 Å². The first-order valence-corrected chi connectivity index (χ1v) is 14.2. The molecule has 1 aromatic heterocycles. The molecule has 0 radical (unpaired) electrons. The van der Waals surface area contributed by atoms with E-state index in [4.69, 9.17) is 5.11 Å². The number of fused-ring (bicyclic) bond motifs is 1. The fourth-order valence-corrected chi connectivity index (χ4v) is 7.37. The first-order valence-electron chi connectivity index (χ1n) is 12.8. The SMILES string of the molecule is Cc1ccc(CN2CCC3(CC2)CN(C(=O)O)C3)cc1-c1ccc2c(n1)N(C)S(=O)(=O)N2CC1CC1(F)F. The van der Waals surface area contributed by atoms with Crippen LogP contribution in [-0.2, 0) is 16.8 Å². The predicted octanol–water partition coefficient (Wildman–Crippen LogP) is 3.79. The number of carboxylic acid groups (broad SMARTS) is 1. The zero-order valence-corrected chi connectivity index (χ0v) is 22.2. The average Bonchev–Trinajstić information content (AvgIpc) is 3.41. The first-order chi connectivity index (χ1) is 17.9. The maximum atomic E-state index is 13.5. The van der Waals surface area contributed by atoms with Crippen molar-refractivity contribution < 1.29 is 27.1 Å². The fraction of sp³-hybridized carbons (Fsp3) is 0.538. The standard InChI is InChI=1S/C26H31F2N5O4S/c1-17-3-4-18(13-31-9-7-25(8-10-31)15-32(16-25)24(34)35)11-20(17)21-5-6-22-23(29-21)30(2)38(36,37)33(22)14-19-12-26(19,27)28/h3-6,11,19H,7-10,12-16H2,1-2H3,(H,34,35). The summed E-state index contributed by atoms with van der Waals surface area (Å²) >= 11 is 0. The lowest BCUT2D eigenvalue weighted by atomic mass is 9.72. The number of hydrogen-bond donors (Lipinski definition) is 1. The Labute approximate surface area is 220 Å². The van der Waals surface area contributed by atoms with Gasteiger partial charge in [0.1, 0.15) is 0 Å². The zero-order chi connectivity index (χ0) is 27.0. The highest BCUT2D eigenvalue weighted by Crippen LogP contribution is 2.51. The molecule has 0 bridgehead atoms. The molecular formula is C26H31F2N5O4S. The van der Waals surface area contributed by atoms with Gasteiger partial charge in [-0.25, -0.2) is 27.2 Å². The molecule has 9 nitrogen and oxygen atoms in total. The van der Waals surface area contributed by atoms with Gasteiger partial charge < -0.3 is 10.0 Å². The number of piperidine rings is 1. The molecule has 3 aliphatic heterocycles. The Morgan fingerprint density at radius 1 is 1.16 bits per heavy atom. The van der Waals surface area contributed by atoms with Crippen molar-refractivity contribution in [3.8, 4) is 11.3 Å². The molecule has 2 saturated heterocycles. The van der Waals surface area contributed by atoms with Crippen LogP contribution in [0.1, 0.15) is 30.4 Å². The van der Waals surface area contributed by atoms with Crippen molar-refractivity contribution in [1.29, 1.82) is 0 Å². The van der Waals surface area contributed by atoms with E-state index >= 15 is 0 Å². The van der Waals surface area contributed by atoms with E-state index < -0.39 is 28.1 Å². The van der Waals surface area contributed by atoms with Gasteiger partial charge in [0.2, 0.25) is 0 Å². The van der Waals surface area contributed by atoms with Crippen molar-refractivity contribution in [2.45, 2.75) is 38.7 Å². The van der Waals surface area contributed by atoms with Gasteiger partial charge in [-0.3, -0.25) is 4.90 Å². The maximum absolute atomic E-state index is 13.5. The Hall–Kier alpha value is -2.99. The lowest BCUT2D eigenvalue weighted by Gasteiger charge is -2.52. The van der Waals surface area contributed by atoms with Crippen molar-refractivity contribution in [3.63, 3.8) is 0 Å². The molecule has 6 rings (SSSR count). The highest BCUT2D eigenvalue weighted by atomic mass is 32.2. The van der Waals surface area contributed by atoms with Gasteiger partial charge in [-0.2, -0.15) is 8.42 Å². The van der Waals surface area contributed by atoms with Gasteiger partial charge in [0, 0.05) is 56.5 Å². The van der Waals surface area contributed by atoms with Crippen molar-refractivity contribution >= 4 is 27.8 Å². The number of amides is 1. The average molecular weight is 548 g/mol. The number of pyridine rings is 1. The molecule has 3 fully saturated rings. The van der Waals surface area contributed by atoms with E-state index in [-0.39, 0.29) is 24.2 Å². The number of anilines is 2. The number of aryl methyl sites for hydroxylation is 1. The maximum Gasteiger partial charge on any atom is 0.407 e. The Kier molecular flexibility index (Phi) is 5.66. The highest BCUT2D eigenvalue weighted by Gasteiger charge is 2.59. The van der Waals surface area contributed by atoms with E-state index in [0.29, 0.717) is 24.5 Å². The van der Waals surface area contributed by atoms with Crippen LogP contribution < -0.4 is 8.61 Å². The van der Waals surface area contributed by atoms with E-state index in [1.54, 1.807) is 12.1 Å². The molecule has 1 aromatic carbocycles. The minimum Gasteiger partial charge on any atom is -0.465 e. The summed E-state index contributed by atoms with van der Waals surface area (Å²) in [6.07, 6.45) is 0.818. The van der Waals surface area contributed by atoms with E-state index in [2.05, 4.69) is 22.0 Å². The second kappa shape index (κ2) is 8.51. The summed E-state index contributed by atoms with van der Waals surface area (Å²) in [6.45, 7) is 5.55. The van der Waals surface area contributed by atoms with Crippen LogP contribution in [0.4, 0.5) is 25.1 Å². The number of rotatable bonds is 5. The second-order valence-corrected chi connectivity index (χ2v) is 13.2. The zero-order valence-electron chi connectivity index (χ0n) is 21.4. The van der Waals surface area contributed by atoms with Crippen molar-refractivity contribution in [1.82, 2.24) is 14.8 Å². The summed E-state index contributed by atoms with van der Waals surface area (Å²) in [5.41, 5.74) is 4.09. The van der Waals surface area contributed by atoms with Crippen LogP contribution in [0.15, 0.2) is 30.3 Å². The molecule has 12 heteroatoms. The van der Waals surface area contributed by atoms with Crippen LogP contribution in [0, 0.1) is 18.3 Å². The Morgan fingerprint density at radius 3 is 2.47 bits per heavy atom. The second-order valence-electron chi connectivity index (χ2n) is 11.3. The Bertz CT molecular complexity index is 1400. The normalized spacial score (nSPS) is 24.8. The molecule has 1 unspecified atom stereocenters. The minimum absolute atomic E-state index is 0.122. The number of likely N-dealkylation sites (tertiary alicyclic amines) is 2. The van der Waals surface area contributed by atoms with Crippen molar-refractivity contribution in [3.05, 3.63) is 41.5 Å². The smallest absolute Gasteiger partial charge is 0.407 e. The largest absolute Gasteiger partial charge is 0.465 e. The van der Waals surface area contributed by atoms with Crippen LogP contribution in [0.5, 0.6) is 0 Å². The summed E-state index contributed by atoms with van der Waals surface area (Å²) in [4.78, 5) is 19.7. The molecule has 1 spiro atoms. The summed E-state index contributed by atoms with van der Waals surface area (Å²) in [6, 6.07) is 9.61. The van der Waals surface area contributed by atoms with Crippen LogP contribution in [-0.4, -0.2) is 80.1 Å². The van der Waals surface area contributed by atoms with E-state index in [0.717, 1.165) is 57.8 Å². The summed E-state index contributed by atoms with van der Waals surface area (Å²) < 4.78 is 55.1. The number of aromatic nitrogens is 1. The van der Waals surface area contributed by atoms with Gasteiger partial charge in [0.25, 0.3) is 5.92 Å². The third-order valence-corrected chi connectivity index (χ3v) is 10.4. The van der Waals surface area contributed by atoms with Crippen LogP contribution in [0.25, 0.3) is 11.3 Å². The van der Waals surface area contributed by atoms with Gasteiger partial charge >= 0.3 is 16.3 Å². The molecule has 1 amide bonds. The van der Waals surface area contributed by atoms with Crippen LogP contribution >= 0.6 is 0 Å². The molecule has 38 heavy (non-hydrogen) atoms. The van der Waals surface area contributed by atoms with Gasteiger partial charge in [-0.15, -0.1) is 0 Å². The van der Waals surface area contributed by atoms with E-state index in [1.165, 1.54) is 11.9 Å². The number of alkyl halides is 2. The predicted molar refractivity (Wildman–Crippen MR) is 139 cm³/mol. The molecule has 1 aliphatic carbocycles. The first kappa shape index (κ1) is 25.3. The highest BCUT2D eigenvalue weighted by molar-refractivity contribution is 7.94. The topological polar surface area (TPSA) is 97.3 Å². The van der Waals surface area contributed by atoms with E-state index in [1.807, 2.05) is 13.0 Å². The molecular weight excluding hydrogens is 516 g/mol. The lowest BCUT2D eigenvalue weighted by molar-refractivity contribution is -0.0352. The number of benzene rings is 1. The number of nitrogens with zero attached hydrogens (tertiary/aromatic N) is 5. The molecule has 1 atom stereocenters.